The summed E-state index contributed by atoms with van der Waals surface area (Å²) in [6.45, 7) is 2.19. The highest BCUT2D eigenvalue weighted by Crippen LogP contribution is 2.44. The number of nitrogens with zero attached hydrogens (tertiary/aromatic N) is 1. The van der Waals surface area contributed by atoms with Crippen molar-refractivity contribution in [3.8, 4) is 6.07 Å². The molecule has 4 heteroatoms. The van der Waals surface area contributed by atoms with Crippen LogP contribution in [0.25, 0.3) is 0 Å². The maximum absolute atomic E-state index is 13.1. The van der Waals surface area contributed by atoms with Crippen LogP contribution in [0.4, 0.5) is 0 Å². The molecule has 0 heterocycles. The molecule has 0 aromatic heterocycles. The van der Waals surface area contributed by atoms with E-state index in [2.05, 4.69) is 0 Å². The van der Waals surface area contributed by atoms with Crippen molar-refractivity contribution in [1.29, 1.82) is 5.26 Å². The lowest BCUT2D eigenvalue weighted by molar-refractivity contribution is 0.348. The minimum absolute atomic E-state index is 0.367. The Morgan fingerprint density at radius 2 is 1.63 bits per heavy atom. The summed E-state index contributed by atoms with van der Waals surface area (Å²) in [5.41, 5.74) is 0.542. The third-order valence-corrected chi connectivity index (χ3v) is 5.32. The van der Waals surface area contributed by atoms with Gasteiger partial charge in [-0.25, -0.2) is 0 Å². The third-order valence-electron chi connectivity index (χ3n) is 2.74. The molecule has 0 aliphatic rings. The second kappa shape index (κ2) is 5.84. The minimum Gasteiger partial charge on any atom is -0.322 e. The molecule has 3 nitrogen and oxygen atoms in total. The summed E-state index contributed by atoms with van der Waals surface area (Å²) < 4.78 is 18.7. The summed E-state index contributed by atoms with van der Waals surface area (Å²) >= 11 is 0. The van der Waals surface area contributed by atoms with Gasteiger partial charge < -0.3 is 4.52 Å². The van der Waals surface area contributed by atoms with Gasteiger partial charge in [-0.1, -0.05) is 18.2 Å². The van der Waals surface area contributed by atoms with Gasteiger partial charge in [0.2, 0.25) is 0 Å². The van der Waals surface area contributed by atoms with Gasteiger partial charge in [0.1, 0.15) is 0 Å². The zero-order chi connectivity index (χ0) is 13.7. The Balaban J connectivity index is 2.50. The Labute approximate surface area is 112 Å². The van der Waals surface area contributed by atoms with Gasteiger partial charge in [-0.3, -0.25) is 4.57 Å². The van der Waals surface area contributed by atoms with Crippen LogP contribution in [0.5, 0.6) is 0 Å². The van der Waals surface area contributed by atoms with Crippen LogP contribution in [0.15, 0.2) is 54.6 Å². The van der Waals surface area contributed by atoms with E-state index in [1.54, 1.807) is 36.4 Å². The first-order chi connectivity index (χ1) is 9.20. The first-order valence-electron chi connectivity index (χ1n) is 6.01. The molecule has 1 unspecified atom stereocenters. The summed E-state index contributed by atoms with van der Waals surface area (Å²) in [6, 6.07) is 17.9. The van der Waals surface area contributed by atoms with E-state index in [-0.39, 0.29) is 0 Å². The highest BCUT2D eigenvalue weighted by atomic mass is 31.2. The van der Waals surface area contributed by atoms with E-state index in [0.717, 1.165) is 0 Å². The van der Waals surface area contributed by atoms with Gasteiger partial charge in [-0.15, -0.1) is 0 Å². The molecule has 0 spiro atoms. The Bertz CT molecular complexity index is 629. The van der Waals surface area contributed by atoms with Gasteiger partial charge >= 0.3 is 0 Å². The van der Waals surface area contributed by atoms with Gasteiger partial charge in [-0.05, 0) is 43.3 Å². The Kier molecular flexibility index (Phi) is 4.16. The summed E-state index contributed by atoms with van der Waals surface area (Å²) in [7, 11) is -3.06. The van der Waals surface area contributed by atoms with E-state index < -0.39 is 7.37 Å². The molecule has 2 aromatic carbocycles. The van der Waals surface area contributed by atoms with E-state index in [1.807, 2.05) is 31.2 Å². The Morgan fingerprint density at radius 1 is 1.05 bits per heavy atom. The van der Waals surface area contributed by atoms with Gasteiger partial charge in [-0.2, -0.15) is 5.26 Å². The minimum atomic E-state index is -3.06. The standard InChI is InChI=1S/C15H14NO2P/c1-2-18-19(17,14-6-4-3-5-7-14)15-10-8-13(12-16)9-11-15/h3-11H,2H2,1H3. The molecule has 19 heavy (non-hydrogen) atoms. The van der Waals surface area contributed by atoms with E-state index in [0.29, 0.717) is 22.8 Å². The number of rotatable bonds is 4. The molecular formula is C15H14NO2P. The summed E-state index contributed by atoms with van der Waals surface area (Å²) in [5.74, 6) is 0. The number of benzene rings is 2. The van der Waals surface area contributed by atoms with Crippen LogP contribution in [0.2, 0.25) is 0 Å². The van der Waals surface area contributed by atoms with E-state index in [9.17, 15) is 4.57 Å². The molecule has 0 amide bonds. The highest BCUT2D eigenvalue weighted by molar-refractivity contribution is 7.74. The molecule has 0 aliphatic carbocycles. The Hall–Kier alpha value is -1.88. The molecule has 2 aromatic rings. The zero-order valence-corrected chi connectivity index (χ0v) is 11.5. The molecule has 0 N–H and O–H groups in total. The molecule has 2 rings (SSSR count). The highest BCUT2D eigenvalue weighted by Gasteiger charge is 2.27. The molecule has 96 valence electrons. The molecule has 0 aliphatic heterocycles. The number of hydrogen-bond donors (Lipinski definition) is 0. The van der Waals surface area contributed by atoms with Gasteiger partial charge in [0.25, 0.3) is 7.37 Å². The lowest BCUT2D eigenvalue weighted by atomic mass is 10.2. The van der Waals surface area contributed by atoms with Gasteiger partial charge in [0.15, 0.2) is 0 Å². The van der Waals surface area contributed by atoms with Crippen LogP contribution in [-0.4, -0.2) is 6.61 Å². The zero-order valence-electron chi connectivity index (χ0n) is 10.6. The van der Waals surface area contributed by atoms with Crippen molar-refractivity contribution < 1.29 is 9.09 Å². The molecule has 0 fully saturated rings. The molecule has 0 bridgehead atoms. The summed E-state index contributed by atoms with van der Waals surface area (Å²) in [6.07, 6.45) is 0. The Morgan fingerprint density at radius 3 is 2.16 bits per heavy atom. The van der Waals surface area contributed by atoms with Crippen LogP contribution in [0.1, 0.15) is 12.5 Å². The monoisotopic (exact) mass is 271 g/mol. The van der Waals surface area contributed by atoms with E-state index >= 15 is 0 Å². The number of hydrogen-bond acceptors (Lipinski definition) is 3. The topological polar surface area (TPSA) is 50.1 Å². The fourth-order valence-corrected chi connectivity index (χ4v) is 3.90. The second-order valence-corrected chi connectivity index (χ2v) is 6.36. The average molecular weight is 271 g/mol. The first kappa shape index (κ1) is 13.5. The predicted molar refractivity (Wildman–Crippen MR) is 76.1 cm³/mol. The van der Waals surface area contributed by atoms with Crippen molar-refractivity contribution in [3.05, 3.63) is 60.2 Å². The predicted octanol–water partition coefficient (Wildman–Crippen LogP) is 2.82. The lowest BCUT2D eigenvalue weighted by Gasteiger charge is -2.18. The summed E-state index contributed by atoms with van der Waals surface area (Å²) in [4.78, 5) is 0. The van der Waals surface area contributed by atoms with E-state index in [4.69, 9.17) is 9.79 Å². The molecule has 1 atom stereocenters. The van der Waals surface area contributed by atoms with Gasteiger partial charge in [0, 0.05) is 10.6 Å². The third kappa shape index (κ3) is 2.76. The second-order valence-electron chi connectivity index (χ2n) is 3.96. The maximum Gasteiger partial charge on any atom is 0.261 e. The number of nitriles is 1. The largest absolute Gasteiger partial charge is 0.322 e. The smallest absolute Gasteiger partial charge is 0.261 e. The van der Waals surface area contributed by atoms with Crippen molar-refractivity contribution >= 4 is 18.0 Å². The van der Waals surface area contributed by atoms with Crippen molar-refractivity contribution in [3.63, 3.8) is 0 Å². The van der Waals surface area contributed by atoms with Crippen molar-refractivity contribution in [2.24, 2.45) is 0 Å². The SMILES string of the molecule is CCOP(=O)(c1ccccc1)c1ccc(C#N)cc1. The van der Waals surface area contributed by atoms with Crippen molar-refractivity contribution in [1.82, 2.24) is 0 Å². The van der Waals surface area contributed by atoms with Crippen LogP contribution < -0.4 is 10.6 Å². The fraction of sp³-hybridized carbons (Fsp3) is 0.133. The first-order valence-corrected chi connectivity index (χ1v) is 7.64. The molecule has 0 saturated carbocycles. The van der Waals surface area contributed by atoms with Crippen molar-refractivity contribution in [2.45, 2.75) is 6.92 Å². The van der Waals surface area contributed by atoms with E-state index in [1.165, 1.54) is 0 Å². The maximum atomic E-state index is 13.1. The van der Waals surface area contributed by atoms with Crippen LogP contribution >= 0.6 is 7.37 Å². The van der Waals surface area contributed by atoms with Crippen LogP contribution in [0, 0.1) is 11.3 Å². The van der Waals surface area contributed by atoms with Crippen LogP contribution in [-0.2, 0) is 9.09 Å². The van der Waals surface area contributed by atoms with Crippen LogP contribution in [0.3, 0.4) is 0 Å². The van der Waals surface area contributed by atoms with Crippen molar-refractivity contribution in [2.75, 3.05) is 6.61 Å². The quantitative estimate of drug-likeness (QED) is 0.803. The fourth-order valence-electron chi connectivity index (χ4n) is 1.84. The van der Waals surface area contributed by atoms with Gasteiger partial charge in [0.05, 0.1) is 18.2 Å². The summed E-state index contributed by atoms with van der Waals surface area (Å²) in [5, 5.41) is 10.1. The molecule has 0 radical (unpaired) electrons. The molecular weight excluding hydrogens is 257 g/mol. The average Bonchev–Trinajstić information content (AvgIpc) is 2.48. The normalized spacial score (nSPS) is 13.5. The molecule has 0 saturated heterocycles. The lowest BCUT2D eigenvalue weighted by Crippen LogP contribution is -2.18.